The lowest BCUT2D eigenvalue weighted by atomic mass is 10.0. The Morgan fingerprint density at radius 1 is 1.00 bits per heavy atom. The third-order valence-electron chi connectivity index (χ3n) is 4.45. The number of aromatic nitrogens is 2. The topological polar surface area (TPSA) is 49.8 Å². The van der Waals surface area contributed by atoms with E-state index in [2.05, 4.69) is 20.0 Å². The van der Waals surface area contributed by atoms with Gasteiger partial charge in [0.2, 0.25) is 5.95 Å². The van der Waals surface area contributed by atoms with Crippen molar-refractivity contribution < 1.29 is 8.78 Å². The fourth-order valence-electron chi connectivity index (χ4n) is 2.98. The summed E-state index contributed by atoms with van der Waals surface area (Å²) in [7, 11) is 1.73. The quantitative estimate of drug-likeness (QED) is 0.390. The lowest BCUT2D eigenvalue weighted by Crippen LogP contribution is -1.98. The number of halogens is 2. The van der Waals surface area contributed by atoms with Crippen LogP contribution in [0.2, 0.25) is 0 Å². The number of hydrogen-bond acceptors (Lipinski definition) is 5. The zero-order valence-electron chi connectivity index (χ0n) is 15.6. The first-order valence-corrected chi connectivity index (χ1v) is 9.99. The van der Waals surface area contributed by atoms with Gasteiger partial charge in [0.15, 0.2) is 5.82 Å². The van der Waals surface area contributed by atoms with Gasteiger partial charge in [0.05, 0.1) is 16.8 Å². The molecule has 0 aliphatic rings. The van der Waals surface area contributed by atoms with Crippen LogP contribution in [0, 0.1) is 11.6 Å². The van der Waals surface area contributed by atoms with Gasteiger partial charge < -0.3 is 10.0 Å². The van der Waals surface area contributed by atoms with E-state index >= 15 is 4.39 Å². The van der Waals surface area contributed by atoms with Crippen molar-refractivity contribution in [1.82, 2.24) is 9.97 Å². The summed E-state index contributed by atoms with van der Waals surface area (Å²) in [5.41, 5.74) is 2.41. The Morgan fingerprint density at radius 3 is 2.62 bits per heavy atom. The second-order valence-corrected chi connectivity index (χ2v) is 7.16. The summed E-state index contributed by atoms with van der Waals surface area (Å²) >= 11 is 1.35. The van der Waals surface area contributed by atoms with Gasteiger partial charge in [-0.25, -0.2) is 18.7 Å². The molecule has 29 heavy (non-hydrogen) atoms. The molecule has 1 heterocycles. The third kappa shape index (κ3) is 4.14. The fourth-order valence-corrected chi connectivity index (χ4v) is 3.72. The Morgan fingerprint density at radius 2 is 1.83 bits per heavy atom. The van der Waals surface area contributed by atoms with Gasteiger partial charge in [-0.05, 0) is 47.3 Å². The molecule has 0 atom stereocenters. The van der Waals surface area contributed by atoms with Crippen LogP contribution in [0.15, 0.2) is 66.9 Å². The van der Waals surface area contributed by atoms with E-state index in [-0.39, 0.29) is 11.3 Å². The van der Waals surface area contributed by atoms with Crippen LogP contribution in [0.3, 0.4) is 0 Å². The molecule has 4 rings (SSSR count). The number of nitrogens with one attached hydrogen (secondary N) is 2. The van der Waals surface area contributed by atoms with Crippen molar-refractivity contribution in [2.75, 3.05) is 17.1 Å². The van der Waals surface area contributed by atoms with Gasteiger partial charge in [-0.3, -0.25) is 0 Å². The van der Waals surface area contributed by atoms with Gasteiger partial charge in [-0.15, -0.1) is 0 Å². The molecule has 0 saturated carbocycles. The minimum absolute atomic E-state index is 0.0742. The normalized spacial score (nSPS) is 10.9. The number of hydrogen-bond donors (Lipinski definition) is 2. The van der Waals surface area contributed by atoms with Crippen LogP contribution in [0.1, 0.15) is 5.56 Å². The SMILES string of the molecule is CNc1ncc2cc(-c3c(F)ccc(NSCc4ccccc4)c3F)ccc2n1. The molecule has 0 saturated heterocycles. The Labute approximate surface area is 171 Å². The first-order chi connectivity index (χ1) is 14.2. The van der Waals surface area contributed by atoms with Crippen LogP contribution >= 0.6 is 11.9 Å². The lowest BCUT2D eigenvalue weighted by molar-refractivity contribution is 0.592. The molecule has 0 amide bonds. The first-order valence-electron chi connectivity index (χ1n) is 9.00. The monoisotopic (exact) mass is 408 g/mol. The summed E-state index contributed by atoms with van der Waals surface area (Å²) in [5.74, 6) is -0.0937. The van der Waals surface area contributed by atoms with Crippen molar-refractivity contribution in [1.29, 1.82) is 0 Å². The number of rotatable bonds is 6. The second-order valence-electron chi connectivity index (χ2n) is 6.38. The van der Waals surface area contributed by atoms with Crippen LogP contribution in [0.4, 0.5) is 20.4 Å². The van der Waals surface area contributed by atoms with Crippen molar-refractivity contribution >= 4 is 34.5 Å². The maximum Gasteiger partial charge on any atom is 0.222 e. The van der Waals surface area contributed by atoms with Crippen LogP contribution < -0.4 is 10.0 Å². The summed E-state index contributed by atoms with van der Waals surface area (Å²) in [6, 6.07) is 17.6. The molecule has 0 spiro atoms. The first kappa shape index (κ1) is 19.1. The van der Waals surface area contributed by atoms with E-state index in [1.165, 1.54) is 24.1 Å². The largest absolute Gasteiger partial charge is 0.357 e. The van der Waals surface area contributed by atoms with E-state index in [9.17, 15) is 4.39 Å². The highest BCUT2D eigenvalue weighted by atomic mass is 32.2. The number of benzene rings is 3. The molecule has 0 aliphatic heterocycles. The third-order valence-corrected chi connectivity index (χ3v) is 5.29. The van der Waals surface area contributed by atoms with E-state index < -0.39 is 11.6 Å². The summed E-state index contributed by atoms with van der Waals surface area (Å²) in [4.78, 5) is 8.50. The minimum atomic E-state index is -0.627. The molecule has 3 aromatic carbocycles. The second kappa shape index (κ2) is 8.45. The molecule has 7 heteroatoms. The fraction of sp³-hybridized carbons (Fsp3) is 0.0909. The van der Waals surface area contributed by atoms with Gasteiger partial charge in [-0.2, -0.15) is 0 Å². The average molecular weight is 408 g/mol. The van der Waals surface area contributed by atoms with Crippen molar-refractivity contribution in [2.24, 2.45) is 0 Å². The summed E-state index contributed by atoms with van der Waals surface area (Å²) < 4.78 is 32.6. The van der Waals surface area contributed by atoms with E-state index in [0.29, 0.717) is 28.2 Å². The minimum Gasteiger partial charge on any atom is -0.357 e. The molecule has 146 valence electrons. The highest BCUT2D eigenvalue weighted by Gasteiger charge is 2.16. The molecule has 0 radical (unpaired) electrons. The van der Waals surface area contributed by atoms with Crippen LogP contribution in [-0.4, -0.2) is 17.0 Å². The zero-order valence-corrected chi connectivity index (χ0v) is 16.4. The van der Waals surface area contributed by atoms with Crippen molar-refractivity contribution in [3.8, 4) is 11.1 Å². The highest BCUT2D eigenvalue weighted by Crippen LogP contribution is 2.33. The molecule has 0 aliphatic carbocycles. The molecule has 0 bridgehead atoms. The van der Waals surface area contributed by atoms with Gasteiger partial charge in [0, 0.05) is 24.4 Å². The van der Waals surface area contributed by atoms with E-state index in [1.54, 1.807) is 31.4 Å². The molecule has 1 aromatic heterocycles. The summed E-state index contributed by atoms with van der Waals surface area (Å²) in [6.45, 7) is 0. The van der Waals surface area contributed by atoms with Crippen molar-refractivity contribution in [3.05, 3.63) is 84.1 Å². The Kier molecular flexibility index (Phi) is 5.57. The Hall–Kier alpha value is -3.19. The number of nitrogens with zero attached hydrogens (tertiary/aromatic N) is 2. The molecular formula is C22H18F2N4S. The average Bonchev–Trinajstić information content (AvgIpc) is 2.75. The summed E-state index contributed by atoms with van der Waals surface area (Å²) in [6.07, 6.45) is 1.63. The highest BCUT2D eigenvalue weighted by molar-refractivity contribution is 7.99. The molecular weight excluding hydrogens is 390 g/mol. The standard InChI is InChI=1S/C22H18F2N4S/c1-25-22-26-12-16-11-15(7-9-18(16)27-22)20-17(23)8-10-19(21(20)24)28-29-13-14-5-3-2-4-6-14/h2-12,28H,13H2,1H3,(H,25,26,27). The lowest BCUT2D eigenvalue weighted by Gasteiger charge is -2.12. The van der Waals surface area contributed by atoms with Crippen molar-refractivity contribution in [2.45, 2.75) is 5.75 Å². The number of fused-ring (bicyclic) bond motifs is 1. The van der Waals surface area contributed by atoms with Gasteiger partial charge >= 0.3 is 0 Å². The zero-order chi connectivity index (χ0) is 20.2. The van der Waals surface area contributed by atoms with Crippen LogP contribution in [0.5, 0.6) is 0 Å². The number of anilines is 2. The maximum atomic E-state index is 15.1. The van der Waals surface area contributed by atoms with Gasteiger partial charge in [0.25, 0.3) is 0 Å². The van der Waals surface area contributed by atoms with Crippen molar-refractivity contribution in [3.63, 3.8) is 0 Å². The molecule has 4 aromatic rings. The maximum absolute atomic E-state index is 15.1. The Balaban J connectivity index is 1.61. The predicted octanol–water partition coefficient (Wildman–Crippen LogP) is 5.88. The molecule has 2 N–H and O–H groups in total. The van der Waals surface area contributed by atoms with E-state index in [4.69, 9.17) is 0 Å². The summed E-state index contributed by atoms with van der Waals surface area (Å²) in [5, 5.41) is 3.58. The van der Waals surface area contributed by atoms with Crippen LogP contribution in [0.25, 0.3) is 22.0 Å². The Bertz CT molecular complexity index is 1150. The molecule has 0 fully saturated rings. The smallest absolute Gasteiger partial charge is 0.222 e. The van der Waals surface area contributed by atoms with Gasteiger partial charge in [0.1, 0.15) is 5.82 Å². The van der Waals surface area contributed by atoms with Crippen LogP contribution in [-0.2, 0) is 5.75 Å². The molecule has 0 unspecified atom stereocenters. The van der Waals surface area contributed by atoms with E-state index in [1.807, 2.05) is 30.3 Å². The predicted molar refractivity (Wildman–Crippen MR) is 116 cm³/mol. The van der Waals surface area contributed by atoms with Gasteiger partial charge in [-0.1, -0.05) is 36.4 Å². The molecule has 4 nitrogen and oxygen atoms in total. The van der Waals surface area contributed by atoms with E-state index in [0.717, 1.165) is 5.56 Å².